The fourth-order valence-corrected chi connectivity index (χ4v) is 4.36. The Morgan fingerprint density at radius 3 is 2.46 bits per heavy atom. The van der Waals surface area contributed by atoms with Crippen LogP contribution in [0.4, 0.5) is 0 Å². The van der Waals surface area contributed by atoms with E-state index in [9.17, 15) is 4.79 Å². The summed E-state index contributed by atoms with van der Waals surface area (Å²) in [5, 5.41) is 0. The SMILES string of the molecule is CCCCN(Cc1ccccc1)C(=O)C1CCN(Cc2cccc(Br)c2)CC1. The lowest BCUT2D eigenvalue weighted by Crippen LogP contribution is -2.42. The highest BCUT2D eigenvalue weighted by Crippen LogP contribution is 2.23. The quantitative estimate of drug-likeness (QED) is 0.539. The molecule has 0 N–H and O–H groups in total. The highest BCUT2D eigenvalue weighted by Gasteiger charge is 2.28. The van der Waals surface area contributed by atoms with E-state index >= 15 is 0 Å². The summed E-state index contributed by atoms with van der Waals surface area (Å²) < 4.78 is 1.13. The average Bonchev–Trinajstić information content (AvgIpc) is 2.72. The molecule has 1 aliphatic heterocycles. The van der Waals surface area contributed by atoms with Crippen molar-refractivity contribution in [3.8, 4) is 0 Å². The van der Waals surface area contributed by atoms with Gasteiger partial charge in [0.25, 0.3) is 0 Å². The molecule has 0 radical (unpaired) electrons. The number of likely N-dealkylation sites (tertiary alicyclic amines) is 1. The molecule has 3 nitrogen and oxygen atoms in total. The number of amides is 1. The Kier molecular flexibility index (Phi) is 8.11. The third kappa shape index (κ3) is 6.18. The van der Waals surface area contributed by atoms with E-state index in [0.717, 1.165) is 62.9 Å². The van der Waals surface area contributed by atoms with E-state index in [0.29, 0.717) is 5.91 Å². The van der Waals surface area contributed by atoms with Gasteiger partial charge < -0.3 is 4.90 Å². The van der Waals surface area contributed by atoms with E-state index in [4.69, 9.17) is 0 Å². The Bertz CT molecular complexity index is 741. The van der Waals surface area contributed by atoms with Crippen molar-refractivity contribution in [1.82, 2.24) is 9.80 Å². The van der Waals surface area contributed by atoms with E-state index < -0.39 is 0 Å². The number of carbonyl (C=O) groups is 1. The summed E-state index contributed by atoms with van der Waals surface area (Å²) >= 11 is 3.55. The fraction of sp³-hybridized carbons (Fsp3) is 0.458. The van der Waals surface area contributed by atoms with Crippen LogP contribution >= 0.6 is 15.9 Å². The normalized spacial score (nSPS) is 15.5. The summed E-state index contributed by atoms with van der Waals surface area (Å²) in [6, 6.07) is 18.9. The minimum Gasteiger partial charge on any atom is -0.338 e. The maximum atomic E-state index is 13.2. The number of benzene rings is 2. The Morgan fingerprint density at radius 2 is 1.79 bits per heavy atom. The Balaban J connectivity index is 1.55. The fourth-order valence-electron chi connectivity index (χ4n) is 3.91. The lowest BCUT2D eigenvalue weighted by atomic mass is 9.94. The molecule has 1 heterocycles. The van der Waals surface area contributed by atoms with E-state index in [1.807, 2.05) is 6.07 Å². The first kappa shape index (κ1) is 21.1. The molecule has 1 saturated heterocycles. The van der Waals surface area contributed by atoms with Crippen LogP contribution in [0.1, 0.15) is 43.7 Å². The molecule has 0 unspecified atom stereocenters. The van der Waals surface area contributed by atoms with Gasteiger partial charge in [0.15, 0.2) is 0 Å². The van der Waals surface area contributed by atoms with Gasteiger partial charge in [0.2, 0.25) is 5.91 Å². The van der Waals surface area contributed by atoms with Crippen molar-refractivity contribution in [2.24, 2.45) is 5.92 Å². The van der Waals surface area contributed by atoms with E-state index in [2.05, 4.69) is 81.2 Å². The average molecular weight is 443 g/mol. The second-order valence-corrected chi connectivity index (χ2v) is 8.69. The monoisotopic (exact) mass is 442 g/mol. The van der Waals surface area contributed by atoms with Crippen molar-refractivity contribution in [2.75, 3.05) is 19.6 Å². The third-order valence-corrected chi connectivity index (χ3v) is 6.03. The van der Waals surface area contributed by atoms with Crippen molar-refractivity contribution < 1.29 is 4.79 Å². The predicted octanol–water partition coefficient (Wildman–Crippen LogP) is 5.49. The van der Waals surface area contributed by atoms with Gasteiger partial charge in [0, 0.05) is 30.0 Å². The van der Waals surface area contributed by atoms with Gasteiger partial charge >= 0.3 is 0 Å². The van der Waals surface area contributed by atoms with Gasteiger partial charge in [-0.3, -0.25) is 9.69 Å². The molecule has 2 aromatic rings. The highest BCUT2D eigenvalue weighted by atomic mass is 79.9. The van der Waals surface area contributed by atoms with Crippen molar-refractivity contribution >= 4 is 21.8 Å². The molecule has 4 heteroatoms. The van der Waals surface area contributed by atoms with Crippen LogP contribution < -0.4 is 0 Å². The first-order valence-corrected chi connectivity index (χ1v) is 11.2. The highest BCUT2D eigenvalue weighted by molar-refractivity contribution is 9.10. The van der Waals surface area contributed by atoms with Crippen LogP contribution in [0.15, 0.2) is 59.1 Å². The summed E-state index contributed by atoms with van der Waals surface area (Å²) in [6.07, 6.45) is 4.11. The molecule has 0 atom stereocenters. The molecule has 0 spiro atoms. The van der Waals surface area contributed by atoms with Gasteiger partial charge in [0.05, 0.1) is 0 Å². The van der Waals surface area contributed by atoms with Crippen LogP contribution in [0.5, 0.6) is 0 Å². The maximum absolute atomic E-state index is 13.2. The lowest BCUT2D eigenvalue weighted by Gasteiger charge is -2.34. The van der Waals surface area contributed by atoms with Gasteiger partial charge in [0.1, 0.15) is 0 Å². The molecule has 2 aromatic carbocycles. The molecule has 150 valence electrons. The molecule has 28 heavy (non-hydrogen) atoms. The second-order valence-electron chi connectivity index (χ2n) is 7.78. The van der Waals surface area contributed by atoms with Crippen molar-refractivity contribution in [2.45, 2.75) is 45.7 Å². The number of nitrogens with zero attached hydrogens (tertiary/aromatic N) is 2. The smallest absolute Gasteiger partial charge is 0.226 e. The van der Waals surface area contributed by atoms with Gasteiger partial charge in [-0.05, 0) is 55.6 Å². The first-order valence-electron chi connectivity index (χ1n) is 10.4. The maximum Gasteiger partial charge on any atom is 0.226 e. The summed E-state index contributed by atoms with van der Waals surface area (Å²) in [7, 11) is 0. The zero-order valence-corrected chi connectivity index (χ0v) is 18.4. The Morgan fingerprint density at radius 1 is 1.07 bits per heavy atom. The van der Waals surface area contributed by atoms with Gasteiger partial charge in [-0.25, -0.2) is 0 Å². The lowest BCUT2D eigenvalue weighted by molar-refractivity contribution is -0.137. The van der Waals surface area contributed by atoms with Crippen LogP contribution in [0.2, 0.25) is 0 Å². The zero-order valence-electron chi connectivity index (χ0n) is 16.8. The molecule has 1 aliphatic rings. The van der Waals surface area contributed by atoms with E-state index in [-0.39, 0.29) is 5.92 Å². The number of carbonyl (C=O) groups excluding carboxylic acids is 1. The van der Waals surface area contributed by atoms with Crippen molar-refractivity contribution in [1.29, 1.82) is 0 Å². The molecule has 3 rings (SSSR count). The minimum absolute atomic E-state index is 0.166. The topological polar surface area (TPSA) is 23.6 Å². The van der Waals surface area contributed by atoms with Crippen molar-refractivity contribution in [3.05, 3.63) is 70.2 Å². The van der Waals surface area contributed by atoms with Gasteiger partial charge in [-0.2, -0.15) is 0 Å². The van der Waals surface area contributed by atoms with Crippen LogP contribution in [-0.4, -0.2) is 35.3 Å². The second kappa shape index (κ2) is 10.8. The predicted molar refractivity (Wildman–Crippen MR) is 119 cm³/mol. The number of piperidine rings is 1. The van der Waals surface area contributed by atoms with E-state index in [1.54, 1.807) is 0 Å². The number of hydrogen-bond donors (Lipinski definition) is 0. The third-order valence-electron chi connectivity index (χ3n) is 5.54. The molecule has 0 aromatic heterocycles. The Labute approximate surface area is 177 Å². The van der Waals surface area contributed by atoms with Crippen LogP contribution in [-0.2, 0) is 17.9 Å². The number of halogens is 1. The Hall–Kier alpha value is -1.65. The molecule has 0 bridgehead atoms. The largest absolute Gasteiger partial charge is 0.338 e. The van der Waals surface area contributed by atoms with Gasteiger partial charge in [-0.15, -0.1) is 0 Å². The van der Waals surface area contributed by atoms with Crippen molar-refractivity contribution in [3.63, 3.8) is 0 Å². The molecule has 0 aliphatic carbocycles. The standard InChI is InChI=1S/C24H31BrN2O/c1-2-3-14-27(19-20-8-5-4-6-9-20)24(28)22-12-15-26(16-13-22)18-21-10-7-11-23(25)17-21/h4-11,17,22H,2-3,12-16,18-19H2,1H3. The molecule has 0 saturated carbocycles. The summed E-state index contributed by atoms with van der Waals surface area (Å²) in [5.41, 5.74) is 2.55. The molecule has 1 fully saturated rings. The molecular weight excluding hydrogens is 412 g/mol. The van der Waals surface area contributed by atoms with Crippen LogP contribution in [0.3, 0.4) is 0 Å². The zero-order chi connectivity index (χ0) is 19.8. The minimum atomic E-state index is 0.166. The van der Waals surface area contributed by atoms with Crippen LogP contribution in [0, 0.1) is 5.92 Å². The summed E-state index contributed by atoms with van der Waals surface area (Å²) in [4.78, 5) is 17.8. The molecular formula is C24H31BrN2O. The van der Waals surface area contributed by atoms with Crippen LogP contribution in [0.25, 0.3) is 0 Å². The molecule has 1 amide bonds. The first-order chi connectivity index (χ1) is 13.7. The van der Waals surface area contributed by atoms with Gasteiger partial charge in [-0.1, -0.05) is 71.7 Å². The number of rotatable bonds is 8. The summed E-state index contributed by atoms with van der Waals surface area (Å²) in [6.45, 7) is 6.74. The summed E-state index contributed by atoms with van der Waals surface area (Å²) in [5.74, 6) is 0.513. The number of unbranched alkanes of at least 4 members (excludes halogenated alkanes) is 1. The number of hydrogen-bond acceptors (Lipinski definition) is 2. The van der Waals surface area contributed by atoms with E-state index in [1.165, 1.54) is 11.1 Å².